The van der Waals surface area contributed by atoms with Crippen molar-refractivity contribution in [2.24, 2.45) is 0 Å². The Hall–Kier alpha value is -3.25. The molecule has 0 aliphatic rings. The molecular formula is C24H20ClN4P. The zero-order chi connectivity index (χ0) is 20.1. The van der Waals surface area contributed by atoms with Crippen molar-refractivity contribution in [2.45, 2.75) is 6.16 Å². The van der Waals surface area contributed by atoms with E-state index in [0.29, 0.717) is 6.16 Å². The summed E-state index contributed by atoms with van der Waals surface area (Å²) in [5.74, 6) is 0.178. The molecule has 0 bridgehead atoms. The quantitative estimate of drug-likeness (QED) is 0.466. The van der Waals surface area contributed by atoms with E-state index in [9.17, 15) is 0 Å². The fraction of sp³-hybridized carbons (Fsp3) is 0.0417. The number of nitrogens with zero attached hydrogens (tertiary/aromatic N) is 3. The van der Waals surface area contributed by atoms with E-state index in [1.165, 1.54) is 15.9 Å². The summed E-state index contributed by atoms with van der Waals surface area (Å²) in [6.45, 7) is 0. The molecule has 0 amide bonds. The van der Waals surface area contributed by atoms with E-state index < -0.39 is 7.26 Å². The van der Waals surface area contributed by atoms with Crippen LogP contribution in [-0.2, 0) is 6.16 Å². The number of nitrogen functional groups attached to an aromatic ring is 1. The first kappa shape index (κ1) is 21.5. The Morgan fingerprint density at radius 3 is 1.57 bits per heavy atom. The lowest BCUT2D eigenvalue weighted by Gasteiger charge is -2.27. The van der Waals surface area contributed by atoms with E-state index in [4.69, 9.17) is 11.0 Å². The topological polar surface area (TPSA) is 75.6 Å². The Morgan fingerprint density at radius 1 is 0.767 bits per heavy atom. The highest BCUT2D eigenvalue weighted by atomic mass is 35.5. The first-order chi connectivity index (χ1) is 14.2. The van der Waals surface area contributed by atoms with Crippen LogP contribution in [0.25, 0.3) is 0 Å². The fourth-order valence-corrected chi connectivity index (χ4v) is 7.74. The molecule has 4 aromatic rings. The van der Waals surface area contributed by atoms with Gasteiger partial charge in [0.05, 0.1) is 11.9 Å². The molecule has 0 saturated carbocycles. The van der Waals surface area contributed by atoms with Crippen molar-refractivity contribution in [2.75, 3.05) is 5.73 Å². The first-order valence-electron chi connectivity index (χ1n) is 9.30. The summed E-state index contributed by atoms with van der Waals surface area (Å²) in [4.78, 5) is 8.76. The van der Waals surface area contributed by atoms with Gasteiger partial charge in [-0.25, -0.2) is 9.97 Å². The largest absolute Gasteiger partial charge is 1.00 e. The second kappa shape index (κ2) is 9.50. The molecule has 0 radical (unpaired) electrons. The second-order valence-corrected chi connectivity index (χ2v) is 10.2. The molecule has 30 heavy (non-hydrogen) atoms. The molecule has 3 aromatic carbocycles. The number of aromatic nitrogens is 2. The normalized spacial score (nSPS) is 10.6. The standard InChI is InChI=1S/C24H20N4P.ClH/c25-16-23-24(26)28-19(17-27-23)18-29(20-10-4-1-5-11-20,21-12-6-2-7-13-21)22-14-8-3-9-15-22;/h1-15,17H,18H2,(H2,26,28);1H/q+1;/p-1. The van der Waals surface area contributed by atoms with Crippen molar-refractivity contribution in [1.82, 2.24) is 9.97 Å². The predicted molar refractivity (Wildman–Crippen MR) is 120 cm³/mol. The van der Waals surface area contributed by atoms with Gasteiger partial charge in [0.2, 0.25) is 0 Å². The van der Waals surface area contributed by atoms with Crippen LogP contribution in [0, 0.1) is 11.3 Å². The minimum Gasteiger partial charge on any atom is -1.00 e. The van der Waals surface area contributed by atoms with Crippen molar-refractivity contribution in [3.8, 4) is 6.07 Å². The molecule has 0 aliphatic carbocycles. The van der Waals surface area contributed by atoms with Crippen LogP contribution in [0.4, 0.5) is 5.82 Å². The molecule has 4 nitrogen and oxygen atoms in total. The molecule has 0 atom stereocenters. The van der Waals surface area contributed by atoms with Crippen LogP contribution in [0.3, 0.4) is 0 Å². The van der Waals surface area contributed by atoms with Crippen LogP contribution >= 0.6 is 7.26 Å². The average molecular weight is 431 g/mol. The minimum absolute atomic E-state index is 0. The molecule has 148 valence electrons. The molecule has 0 saturated heterocycles. The smallest absolute Gasteiger partial charge is 0.182 e. The van der Waals surface area contributed by atoms with E-state index in [0.717, 1.165) is 5.69 Å². The highest BCUT2D eigenvalue weighted by Gasteiger charge is 2.45. The van der Waals surface area contributed by atoms with Crippen molar-refractivity contribution < 1.29 is 12.4 Å². The Morgan fingerprint density at radius 2 is 1.20 bits per heavy atom. The zero-order valence-corrected chi connectivity index (χ0v) is 17.8. The SMILES string of the molecule is N#Cc1ncc(C[P+](c2ccccc2)(c2ccccc2)c2ccccc2)nc1N.[Cl-]. The third-order valence-electron chi connectivity index (χ3n) is 4.95. The highest BCUT2D eigenvalue weighted by Crippen LogP contribution is 2.57. The monoisotopic (exact) mass is 430 g/mol. The van der Waals surface area contributed by atoms with Crippen molar-refractivity contribution >= 4 is 29.0 Å². The lowest BCUT2D eigenvalue weighted by molar-refractivity contribution is -0.00000610. The van der Waals surface area contributed by atoms with Gasteiger partial charge < -0.3 is 18.1 Å². The van der Waals surface area contributed by atoms with Crippen LogP contribution in [-0.4, -0.2) is 9.97 Å². The number of halogens is 1. The summed E-state index contributed by atoms with van der Waals surface area (Å²) in [5, 5.41) is 12.9. The molecule has 6 heteroatoms. The molecule has 0 spiro atoms. The lowest BCUT2D eigenvalue weighted by Crippen LogP contribution is -3.00. The maximum Gasteiger partial charge on any atom is 0.182 e. The molecule has 4 rings (SSSR count). The summed E-state index contributed by atoms with van der Waals surface area (Å²) in [6.07, 6.45) is 2.35. The maximum absolute atomic E-state index is 9.15. The second-order valence-electron chi connectivity index (χ2n) is 6.68. The van der Waals surface area contributed by atoms with Gasteiger partial charge in [-0.1, -0.05) is 54.6 Å². The van der Waals surface area contributed by atoms with Gasteiger partial charge >= 0.3 is 0 Å². The zero-order valence-electron chi connectivity index (χ0n) is 16.2. The van der Waals surface area contributed by atoms with Crippen LogP contribution in [0.2, 0.25) is 0 Å². The average Bonchev–Trinajstić information content (AvgIpc) is 2.79. The summed E-state index contributed by atoms with van der Waals surface area (Å²) < 4.78 is 0. The molecule has 0 unspecified atom stereocenters. The Bertz CT molecular complexity index is 1050. The highest BCUT2D eigenvalue weighted by molar-refractivity contribution is 7.95. The molecule has 1 aromatic heterocycles. The molecule has 0 fully saturated rings. The van der Waals surface area contributed by atoms with Gasteiger partial charge in [0.15, 0.2) is 11.5 Å². The van der Waals surface area contributed by atoms with Crippen LogP contribution in [0.15, 0.2) is 97.2 Å². The van der Waals surface area contributed by atoms with Gasteiger partial charge in [0.1, 0.15) is 35.4 Å². The third-order valence-corrected chi connectivity index (χ3v) is 9.28. The Balaban J connectivity index is 0.00000256. The predicted octanol–water partition coefficient (Wildman–Crippen LogP) is 0.429. The Labute approximate surface area is 183 Å². The van der Waals surface area contributed by atoms with E-state index in [-0.39, 0.29) is 23.9 Å². The summed E-state index contributed by atoms with van der Waals surface area (Å²) >= 11 is 0. The van der Waals surface area contributed by atoms with Gasteiger partial charge in [0.25, 0.3) is 0 Å². The molecule has 1 heterocycles. The van der Waals surface area contributed by atoms with E-state index in [2.05, 4.69) is 82.8 Å². The summed E-state index contributed by atoms with van der Waals surface area (Å²) in [5.41, 5.74) is 6.93. The van der Waals surface area contributed by atoms with Crippen LogP contribution in [0.1, 0.15) is 11.4 Å². The lowest BCUT2D eigenvalue weighted by atomic mass is 10.3. The van der Waals surface area contributed by atoms with Gasteiger partial charge in [0, 0.05) is 0 Å². The molecule has 0 aliphatic heterocycles. The number of nitrogens with two attached hydrogens (primary N) is 1. The van der Waals surface area contributed by atoms with Crippen molar-refractivity contribution in [3.63, 3.8) is 0 Å². The molecule has 2 N–H and O–H groups in total. The van der Waals surface area contributed by atoms with Gasteiger partial charge in [-0.3, -0.25) is 0 Å². The van der Waals surface area contributed by atoms with Crippen LogP contribution in [0.5, 0.6) is 0 Å². The summed E-state index contributed by atoms with van der Waals surface area (Å²) in [7, 11) is -2.06. The fourth-order valence-electron chi connectivity index (χ4n) is 3.62. The minimum atomic E-state index is -2.06. The van der Waals surface area contributed by atoms with E-state index >= 15 is 0 Å². The van der Waals surface area contributed by atoms with Crippen molar-refractivity contribution in [1.29, 1.82) is 5.26 Å². The first-order valence-corrected chi connectivity index (χ1v) is 11.3. The number of nitriles is 1. The number of rotatable bonds is 5. The van der Waals surface area contributed by atoms with E-state index in [1.807, 2.05) is 24.3 Å². The third kappa shape index (κ3) is 4.04. The number of hydrogen-bond acceptors (Lipinski definition) is 4. The van der Waals surface area contributed by atoms with Gasteiger partial charge in [-0.15, -0.1) is 0 Å². The Kier molecular flexibility index (Phi) is 6.79. The van der Waals surface area contributed by atoms with Crippen molar-refractivity contribution in [3.05, 3.63) is 109 Å². The van der Waals surface area contributed by atoms with Gasteiger partial charge in [-0.05, 0) is 36.4 Å². The summed E-state index contributed by atoms with van der Waals surface area (Å²) in [6, 6.07) is 33.7. The van der Waals surface area contributed by atoms with E-state index in [1.54, 1.807) is 6.20 Å². The number of benzene rings is 3. The number of hydrogen-bond donors (Lipinski definition) is 1. The van der Waals surface area contributed by atoms with Gasteiger partial charge in [-0.2, -0.15) is 5.26 Å². The number of anilines is 1. The van der Waals surface area contributed by atoms with Crippen LogP contribution < -0.4 is 34.1 Å². The molecular weight excluding hydrogens is 411 g/mol. The maximum atomic E-state index is 9.15.